The van der Waals surface area contributed by atoms with Crippen LogP contribution in [0, 0.1) is 5.82 Å². The third-order valence-electron chi connectivity index (χ3n) is 3.65. The standard InChI is InChI=1S/C17H15ClFN/c1-2-16(13-6-3-7-14(19)11-13)20-10-9-12-5-4-8-15(18)17(12)20/h3-11,16H,2H2,1H3. The highest BCUT2D eigenvalue weighted by Gasteiger charge is 2.15. The maximum atomic E-state index is 13.5. The average molecular weight is 288 g/mol. The first-order chi connectivity index (χ1) is 9.70. The van der Waals surface area contributed by atoms with Crippen molar-refractivity contribution in [1.29, 1.82) is 0 Å². The molecule has 0 saturated heterocycles. The normalized spacial score (nSPS) is 12.8. The predicted molar refractivity (Wildman–Crippen MR) is 81.8 cm³/mol. The van der Waals surface area contributed by atoms with E-state index < -0.39 is 0 Å². The van der Waals surface area contributed by atoms with Crippen LogP contribution in [-0.2, 0) is 0 Å². The molecule has 1 atom stereocenters. The minimum atomic E-state index is -0.205. The molecule has 3 rings (SSSR count). The van der Waals surface area contributed by atoms with Gasteiger partial charge in [0.2, 0.25) is 0 Å². The predicted octanol–water partition coefficient (Wildman–Crippen LogP) is 5.43. The van der Waals surface area contributed by atoms with E-state index in [0.29, 0.717) is 0 Å². The Morgan fingerprint density at radius 2 is 1.95 bits per heavy atom. The lowest BCUT2D eigenvalue weighted by Crippen LogP contribution is -2.09. The monoisotopic (exact) mass is 287 g/mol. The summed E-state index contributed by atoms with van der Waals surface area (Å²) >= 11 is 6.33. The fraction of sp³-hybridized carbons (Fsp3) is 0.176. The Kier molecular flexibility index (Phi) is 3.49. The molecular weight excluding hydrogens is 273 g/mol. The maximum Gasteiger partial charge on any atom is 0.123 e. The molecule has 0 aliphatic carbocycles. The van der Waals surface area contributed by atoms with Crippen molar-refractivity contribution in [2.75, 3.05) is 0 Å². The molecule has 0 saturated carbocycles. The second kappa shape index (κ2) is 5.29. The smallest absolute Gasteiger partial charge is 0.123 e. The van der Waals surface area contributed by atoms with Gasteiger partial charge in [-0.3, -0.25) is 0 Å². The van der Waals surface area contributed by atoms with E-state index in [1.807, 2.05) is 36.5 Å². The number of benzene rings is 2. The van der Waals surface area contributed by atoms with E-state index in [1.165, 1.54) is 6.07 Å². The van der Waals surface area contributed by atoms with Crippen LogP contribution in [0.25, 0.3) is 10.9 Å². The highest BCUT2D eigenvalue weighted by molar-refractivity contribution is 6.35. The highest BCUT2D eigenvalue weighted by atomic mass is 35.5. The van der Waals surface area contributed by atoms with Crippen molar-refractivity contribution in [1.82, 2.24) is 4.57 Å². The minimum absolute atomic E-state index is 0.0862. The molecule has 0 aliphatic heterocycles. The molecule has 1 aromatic heterocycles. The summed E-state index contributed by atoms with van der Waals surface area (Å²) in [5.41, 5.74) is 1.97. The largest absolute Gasteiger partial charge is 0.339 e. The molecule has 1 nitrogen and oxygen atoms in total. The molecule has 0 radical (unpaired) electrons. The third-order valence-corrected chi connectivity index (χ3v) is 3.95. The number of halogens is 2. The summed E-state index contributed by atoms with van der Waals surface area (Å²) in [5, 5.41) is 1.83. The number of nitrogens with zero attached hydrogens (tertiary/aromatic N) is 1. The molecule has 0 N–H and O–H groups in total. The van der Waals surface area contributed by atoms with Crippen molar-refractivity contribution in [3.8, 4) is 0 Å². The Morgan fingerprint density at radius 3 is 2.70 bits per heavy atom. The van der Waals surface area contributed by atoms with Crippen molar-refractivity contribution in [3.63, 3.8) is 0 Å². The number of hydrogen-bond acceptors (Lipinski definition) is 0. The lowest BCUT2D eigenvalue weighted by Gasteiger charge is -2.19. The van der Waals surface area contributed by atoms with Gasteiger partial charge >= 0.3 is 0 Å². The zero-order chi connectivity index (χ0) is 14.1. The average Bonchev–Trinajstić information content (AvgIpc) is 2.85. The first-order valence-corrected chi connectivity index (χ1v) is 7.09. The van der Waals surface area contributed by atoms with Crippen LogP contribution in [0.3, 0.4) is 0 Å². The van der Waals surface area contributed by atoms with Crippen molar-refractivity contribution in [2.24, 2.45) is 0 Å². The Balaban J connectivity index is 2.17. The second-order valence-corrected chi connectivity index (χ2v) is 5.29. The van der Waals surface area contributed by atoms with E-state index in [1.54, 1.807) is 12.1 Å². The van der Waals surface area contributed by atoms with Crippen molar-refractivity contribution in [3.05, 3.63) is 71.1 Å². The summed E-state index contributed by atoms with van der Waals surface area (Å²) in [6.45, 7) is 2.10. The topological polar surface area (TPSA) is 4.93 Å². The first-order valence-electron chi connectivity index (χ1n) is 6.71. The summed E-state index contributed by atoms with van der Waals surface area (Å²) in [5.74, 6) is -0.205. The van der Waals surface area contributed by atoms with Gasteiger partial charge in [-0.1, -0.05) is 42.8 Å². The van der Waals surface area contributed by atoms with Gasteiger partial charge in [0.05, 0.1) is 16.6 Å². The number of hydrogen-bond donors (Lipinski definition) is 0. The summed E-state index contributed by atoms with van der Waals surface area (Å²) < 4.78 is 15.6. The zero-order valence-corrected chi connectivity index (χ0v) is 11.9. The van der Waals surface area contributed by atoms with Crippen LogP contribution >= 0.6 is 11.6 Å². The van der Waals surface area contributed by atoms with Gasteiger partial charge in [-0.25, -0.2) is 4.39 Å². The third kappa shape index (κ3) is 2.20. The molecule has 0 spiro atoms. The summed E-state index contributed by atoms with van der Waals surface area (Å²) in [6.07, 6.45) is 2.90. The van der Waals surface area contributed by atoms with Gasteiger partial charge in [0.1, 0.15) is 5.82 Å². The number of fused-ring (bicyclic) bond motifs is 1. The quantitative estimate of drug-likeness (QED) is 0.605. The molecule has 3 aromatic rings. The molecule has 102 valence electrons. The van der Waals surface area contributed by atoms with Crippen LogP contribution in [0.2, 0.25) is 5.02 Å². The van der Waals surface area contributed by atoms with Crippen molar-refractivity contribution in [2.45, 2.75) is 19.4 Å². The maximum absolute atomic E-state index is 13.5. The Labute approximate surface area is 122 Å². The molecule has 20 heavy (non-hydrogen) atoms. The van der Waals surface area contributed by atoms with Crippen LogP contribution < -0.4 is 0 Å². The zero-order valence-electron chi connectivity index (χ0n) is 11.2. The molecule has 0 amide bonds. The lowest BCUT2D eigenvalue weighted by molar-refractivity contribution is 0.572. The molecule has 3 heteroatoms. The van der Waals surface area contributed by atoms with Crippen molar-refractivity contribution >= 4 is 22.5 Å². The minimum Gasteiger partial charge on any atom is -0.339 e. The summed E-state index contributed by atoms with van der Waals surface area (Å²) in [6, 6.07) is 14.8. The molecular formula is C17H15ClFN. The van der Waals surface area contributed by atoms with Gasteiger partial charge in [0.25, 0.3) is 0 Å². The van der Waals surface area contributed by atoms with Gasteiger partial charge < -0.3 is 4.57 Å². The second-order valence-electron chi connectivity index (χ2n) is 4.88. The van der Waals surface area contributed by atoms with Gasteiger partial charge in [-0.2, -0.15) is 0 Å². The molecule has 0 bridgehead atoms. The van der Waals surface area contributed by atoms with Crippen LogP contribution in [0.5, 0.6) is 0 Å². The summed E-state index contributed by atoms with van der Waals surface area (Å²) in [4.78, 5) is 0. The molecule has 1 unspecified atom stereocenters. The number of aromatic nitrogens is 1. The fourth-order valence-corrected chi connectivity index (χ4v) is 3.02. The fourth-order valence-electron chi connectivity index (χ4n) is 2.74. The van der Waals surface area contributed by atoms with Crippen LogP contribution in [0.1, 0.15) is 24.9 Å². The summed E-state index contributed by atoms with van der Waals surface area (Å²) in [7, 11) is 0. The SMILES string of the molecule is CCC(c1cccc(F)c1)n1ccc2cccc(Cl)c21. The van der Waals surface area contributed by atoms with Crippen molar-refractivity contribution < 1.29 is 4.39 Å². The van der Waals surface area contributed by atoms with Crippen LogP contribution in [-0.4, -0.2) is 4.57 Å². The van der Waals surface area contributed by atoms with Crippen LogP contribution in [0.15, 0.2) is 54.7 Å². The Hall–Kier alpha value is -1.80. The van der Waals surface area contributed by atoms with Crippen LogP contribution in [0.4, 0.5) is 4.39 Å². The number of rotatable bonds is 3. The van der Waals surface area contributed by atoms with E-state index in [-0.39, 0.29) is 11.9 Å². The van der Waals surface area contributed by atoms with E-state index in [4.69, 9.17) is 11.6 Å². The van der Waals surface area contributed by atoms with Gasteiger partial charge in [-0.05, 0) is 36.2 Å². The van der Waals surface area contributed by atoms with Gasteiger partial charge in [0, 0.05) is 11.6 Å². The Morgan fingerprint density at radius 1 is 1.15 bits per heavy atom. The number of para-hydroxylation sites is 1. The first kappa shape index (κ1) is 13.2. The molecule has 0 fully saturated rings. The van der Waals surface area contributed by atoms with Gasteiger partial charge in [-0.15, -0.1) is 0 Å². The van der Waals surface area contributed by atoms with E-state index in [2.05, 4.69) is 11.5 Å². The molecule has 0 aliphatic rings. The van der Waals surface area contributed by atoms with E-state index in [0.717, 1.165) is 27.9 Å². The highest BCUT2D eigenvalue weighted by Crippen LogP contribution is 2.31. The Bertz CT molecular complexity index is 748. The van der Waals surface area contributed by atoms with Gasteiger partial charge in [0.15, 0.2) is 0 Å². The lowest BCUT2D eigenvalue weighted by atomic mass is 10.0. The molecule has 1 heterocycles. The molecule has 2 aromatic carbocycles. The van der Waals surface area contributed by atoms with E-state index in [9.17, 15) is 4.39 Å². The van der Waals surface area contributed by atoms with E-state index >= 15 is 0 Å².